The predicted octanol–water partition coefficient (Wildman–Crippen LogP) is 3.50. The van der Waals surface area contributed by atoms with Crippen LogP contribution in [0.1, 0.15) is 17.0 Å². The molecule has 0 amide bonds. The van der Waals surface area contributed by atoms with Gasteiger partial charge < -0.3 is 4.98 Å². The second-order valence-corrected chi connectivity index (χ2v) is 6.89. The van der Waals surface area contributed by atoms with E-state index in [1.165, 1.54) is 0 Å². The quantitative estimate of drug-likeness (QED) is 0.552. The van der Waals surface area contributed by atoms with Gasteiger partial charge in [0, 0.05) is 23.8 Å². The summed E-state index contributed by atoms with van der Waals surface area (Å²) in [6, 6.07) is 5.93. The molecule has 0 saturated heterocycles. The highest BCUT2D eigenvalue weighted by molar-refractivity contribution is 7.98. The number of hydrogen-bond acceptors (Lipinski definition) is 6. The molecule has 0 unspecified atom stereocenters. The summed E-state index contributed by atoms with van der Waals surface area (Å²) in [5, 5.41) is 13.7. The van der Waals surface area contributed by atoms with Crippen LogP contribution in [0, 0.1) is 13.8 Å². The predicted molar refractivity (Wildman–Crippen MR) is 97.1 cm³/mol. The lowest BCUT2D eigenvalue weighted by Crippen LogP contribution is -2.04. The molecule has 0 aliphatic carbocycles. The molecule has 0 radical (unpaired) electrons. The number of halogens is 1. The summed E-state index contributed by atoms with van der Waals surface area (Å²) < 4.78 is 1.74. The minimum atomic E-state index is 0.268. The number of hydrogen-bond donors (Lipinski definition) is 1. The van der Waals surface area contributed by atoms with Crippen molar-refractivity contribution in [1.82, 2.24) is 34.9 Å². The number of pyridine rings is 1. The van der Waals surface area contributed by atoms with E-state index < -0.39 is 0 Å². The van der Waals surface area contributed by atoms with Gasteiger partial charge in [-0.3, -0.25) is 4.98 Å². The van der Waals surface area contributed by atoms with Gasteiger partial charge in [-0.15, -0.1) is 10.2 Å². The first-order valence-electron chi connectivity index (χ1n) is 7.59. The Morgan fingerprint density at radius 3 is 2.88 bits per heavy atom. The average Bonchev–Trinajstić information content (AvgIpc) is 3.18. The van der Waals surface area contributed by atoms with Gasteiger partial charge in [-0.2, -0.15) is 5.10 Å². The second-order valence-electron chi connectivity index (χ2n) is 5.57. The Bertz CT molecular complexity index is 1040. The van der Waals surface area contributed by atoms with Gasteiger partial charge >= 0.3 is 0 Å². The van der Waals surface area contributed by atoms with Gasteiger partial charge in [0.15, 0.2) is 10.3 Å². The van der Waals surface area contributed by atoms with Crippen LogP contribution in [-0.4, -0.2) is 34.9 Å². The Kier molecular flexibility index (Phi) is 4.14. The van der Waals surface area contributed by atoms with E-state index >= 15 is 0 Å². The molecule has 0 atom stereocenters. The molecule has 4 aromatic rings. The largest absolute Gasteiger partial charge is 0.330 e. The van der Waals surface area contributed by atoms with Crippen molar-refractivity contribution in [2.24, 2.45) is 0 Å². The first-order valence-corrected chi connectivity index (χ1v) is 8.95. The highest BCUT2D eigenvalue weighted by Gasteiger charge is 2.17. The van der Waals surface area contributed by atoms with Crippen molar-refractivity contribution in [3.63, 3.8) is 0 Å². The van der Waals surface area contributed by atoms with Crippen molar-refractivity contribution in [3.8, 4) is 5.82 Å². The zero-order valence-electron chi connectivity index (χ0n) is 13.6. The summed E-state index contributed by atoms with van der Waals surface area (Å²) in [5.74, 6) is 1.34. The minimum Gasteiger partial charge on any atom is -0.330 e. The van der Waals surface area contributed by atoms with E-state index in [9.17, 15) is 0 Å². The van der Waals surface area contributed by atoms with Crippen LogP contribution in [0.25, 0.3) is 16.9 Å². The van der Waals surface area contributed by atoms with E-state index in [0.29, 0.717) is 11.3 Å². The van der Waals surface area contributed by atoms with Crippen molar-refractivity contribution in [3.05, 3.63) is 52.7 Å². The zero-order chi connectivity index (χ0) is 17.4. The number of rotatable bonds is 4. The molecule has 0 aliphatic rings. The van der Waals surface area contributed by atoms with Crippen molar-refractivity contribution in [2.45, 2.75) is 24.8 Å². The van der Waals surface area contributed by atoms with E-state index in [1.54, 1.807) is 22.6 Å². The van der Waals surface area contributed by atoms with Gasteiger partial charge in [-0.1, -0.05) is 29.4 Å². The van der Waals surface area contributed by atoms with Gasteiger partial charge in [0.05, 0.1) is 5.69 Å². The molecule has 4 heterocycles. The average molecular weight is 372 g/mol. The highest BCUT2D eigenvalue weighted by Crippen LogP contribution is 2.28. The third kappa shape index (κ3) is 3.10. The molecule has 4 rings (SSSR count). The van der Waals surface area contributed by atoms with Gasteiger partial charge in [-0.05, 0) is 31.5 Å². The van der Waals surface area contributed by atoms with Crippen molar-refractivity contribution < 1.29 is 0 Å². The van der Waals surface area contributed by atoms with E-state index in [0.717, 1.165) is 33.4 Å². The van der Waals surface area contributed by atoms with E-state index in [2.05, 4.69) is 30.2 Å². The van der Waals surface area contributed by atoms with Crippen LogP contribution in [0.3, 0.4) is 0 Å². The maximum atomic E-state index is 6.19. The minimum absolute atomic E-state index is 0.268. The van der Waals surface area contributed by atoms with Crippen LogP contribution in [0.4, 0.5) is 0 Å². The van der Waals surface area contributed by atoms with Gasteiger partial charge in [0.1, 0.15) is 11.0 Å². The fraction of sp³-hybridized carbons (Fsp3) is 0.188. The number of nitrogens with zero attached hydrogens (tertiary/aromatic N) is 6. The number of aryl methyl sites for hydroxylation is 2. The molecule has 0 bridgehead atoms. The summed E-state index contributed by atoms with van der Waals surface area (Å²) in [5.41, 5.74) is 4.31. The summed E-state index contributed by atoms with van der Waals surface area (Å²) in [6.07, 6.45) is 3.60. The maximum absolute atomic E-state index is 6.19. The highest BCUT2D eigenvalue weighted by atomic mass is 35.5. The number of H-pyrrole nitrogens is 1. The van der Waals surface area contributed by atoms with E-state index in [-0.39, 0.29) is 5.15 Å². The third-order valence-electron chi connectivity index (χ3n) is 3.64. The van der Waals surface area contributed by atoms with Crippen molar-refractivity contribution in [2.75, 3.05) is 0 Å². The van der Waals surface area contributed by atoms with Crippen LogP contribution in [0.2, 0.25) is 5.15 Å². The number of fused-ring (bicyclic) bond motifs is 1. The van der Waals surface area contributed by atoms with Gasteiger partial charge in [0.2, 0.25) is 5.82 Å². The van der Waals surface area contributed by atoms with E-state index in [4.69, 9.17) is 11.6 Å². The number of aromatic amines is 1. The van der Waals surface area contributed by atoms with Gasteiger partial charge in [-0.25, -0.2) is 9.67 Å². The molecule has 0 fully saturated rings. The summed E-state index contributed by atoms with van der Waals surface area (Å²) in [4.78, 5) is 12.0. The van der Waals surface area contributed by atoms with Crippen LogP contribution in [-0.2, 0) is 5.75 Å². The number of aromatic nitrogens is 7. The smallest absolute Gasteiger partial charge is 0.202 e. The van der Waals surface area contributed by atoms with E-state index in [1.807, 2.05) is 38.2 Å². The Morgan fingerprint density at radius 1 is 1.28 bits per heavy atom. The molecule has 7 nitrogen and oxygen atoms in total. The first-order chi connectivity index (χ1) is 12.1. The molecule has 4 aromatic heterocycles. The maximum Gasteiger partial charge on any atom is 0.202 e. The molecular weight excluding hydrogens is 358 g/mol. The third-order valence-corrected chi connectivity index (χ3v) is 4.84. The Labute approximate surface area is 152 Å². The van der Waals surface area contributed by atoms with Crippen molar-refractivity contribution in [1.29, 1.82) is 0 Å². The topological polar surface area (TPSA) is 85.2 Å². The lowest BCUT2D eigenvalue weighted by Gasteiger charge is -2.03. The normalized spacial score (nSPS) is 11.3. The molecule has 126 valence electrons. The van der Waals surface area contributed by atoms with Gasteiger partial charge in [0.25, 0.3) is 0 Å². The monoisotopic (exact) mass is 371 g/mol. The molecule has 1 N–H and O–H groups in total. The van der Waals surface area contributed by atoms with Crippen LogP contribution in [0.15, 0.2) is 35.7 Å². The van der Waals surface area contributed by atoms with Crippen LogP contribution >= 0.6 is 23.4 Å². The molecule has 25 heavy (non-hydrogen) atoms. The summed E-state index contributed by atoms with van der Waals surface area (Å²) >= 11 is 7.76. The lowest BCUT2D eigenvalue weighted by molar-refractivity contribution is 0.789. The first kappa shape index (κ1) is 16.0. The standard InChI is InChI=1S/C16H14ClN7S/c1-9-6-10(2)24(23-9)15-13-12(14(17)21-22-15)19-16(20-13)25-8-11-4-3-5-18-7-11/h3-7H,8H2,1-2H3,(H,19,20). The fourth-order valence-electron chi connectivity index (χ4n) is 2.55. The fourth-order valence-corrected chi connectivity index (χ4v) is 3.53. The molecule has 0 spiro atoms. The SMILES string of the molecule is Cc1cc(C)n(-c2nnc(Cl)c3nc(SCc4cccnc4)[nH]c23)n1. The second kappa shape index (κ2) is 6.45. The van der Waals surface area contributed by atoms with Crippen molar-refractivity contribution >= 4 is 34.4 Å². The Morgan fingerprint density at radius 2 is 2.16 bits per heavy atom. The lowest BCUT2D eigenvalue weighted by atomic mass is 10.3. The molecule has 9 heteroatoms. The Balaban J connectivity index is 1.73. The van der Waals surface area contributed by atoms with Crippen LogP contribution < -0.4 is 0 Å². The number of nitrogens with one attached hydrogen (secondary N) is 1. The zero-order valence-corrected chi connectivity index (χ0v) is 15.1. The van der Waals surface area contributed by atoms with Crippen LogP contribution in [0.5, 0.6) is 0 Å². The molecule has 0 aromatic carbocycles. The molecule has 0 aliphatic heterocycles. The molecule has 0 saturated carbocycles. The molecular formula is C16H14ClN7S. The number of thioether (sulfide) groups is 1. The summed E-state index contributed by atoms with van der Waals surface area (Å²) in [6.45, 7) is 3.91. The Hall–Kier alpha value is -2.45. The summed E-state index contributed by atoms with van der Waals surface area (Å²) in [7, 11) is 0. The number of imidazole rings is 1.